The van der Waals surface area contributed by atoms with Gasteiger partial charge in [-0.2, -0.15) is 0 Å². The van der Waals surface area contributed by atoms with E-state index in [1.165, 1.54) is 0 Å². The number of hydrogen-bond donors (Lipinski definition) is 0. The van der Waals surface area contributed by atoms with Gasteiger partial charge in [0.2, 0.25) is 0 Å². The van der Waals surface area contributed by atoms with Crippen LogP contribution in [-0.2, 0) is 9.53 Å². The molecule has 0 N–H and O–H groups in total. The summed E-state index contributed by atoms with van der Waals surface area (Å²) in [7, 11) is 0. The van der Waals surface area contributed by atoms with Crippen molar-refractivity contribution in [2.24, 2.45) is 0 Å². The van der Waals surface area contributed by atoms with Crippen LogP contribution in [0, 0.1) is 0 Å². The van der Waals surface area contributed by atoms with Crippen LogP contribution in [0.3, 0.4) is 0 Å². The molecule has 2 nitrogen and oxygen atoms in total. The summed E-state index contributed by atoms with van der Waals surface area (Å²) in [4.78, 5) is 11.0. The highest BCUT2D eigenvalue weighted by Crippen LogP contribution is 1.86. The summed E-state index contributed by atoms with van der Waals surface area (Å²) in [5.74, 6) is -2.10. The predicted molar refractivity (Wildman–Crippen MR) is 31.5 cm³/mol. The minimum Gasteiger partial charge on any atom is -0.466 e. The van der Waals surface area contributed by atoms with Crippen LogP contribution in [0.15, 0.2) is 0 Å². The second-order valence-electron chi connectivity index (χ2n) is 0.742. The number of carbonyl (C=O) groups is 1. The molecule has 0 rings (SSSR count). The first kappa shape index (κ1) is 0.917. The molecule has 0 saturated carbocycles. The molecule has 0 aromatic rings. The number of ether oxygens (including phenoxy) is 1. The smallest absolute Gasteiger partial charge is 0.302 e. The van der Waals surface area contributed by atoms with Crippen molar-refractivity contribution in [3.05, 3.63) is 0 Å². The van der Waals surface area contributed by atoms with Crippen molar-refractivity contribution < 1.29 is 26.0 Å². The summed E-state index contributed by atoms with van der Waals surface area (Å²) < 4.78 is 87.8. The van der Waals surface area contributed by atoms with Gasteiger partial charge >= 0.3 is 5.97 Å². The van der Waals surface area contributed by atoms with Crippen LogP contribution in [0.4, 0.5) is 0 Å². The minimum absolute atomic E-state index is 2.10. The largest absolute Gasteiger partial charge is 0.466 e. The highest BCUT2D eigenvalue weighted by atomic mass is 16.5. The molecule has 0 spiro atoms. The Morgan fingerprint density at radius 2 is 2.88 bits per heavy atom. The van der Waals surface area contributed by atoms with Crippen molar-refractivity contribution in [2.75, 3.05) is 6.56 Å². The molecule has 0 aliphatic rings. The van der Waals surface area contributed by atoms with E-state index in [2.05, 4.69) is 4.74 Å². The quantitative estimate of drug-likeness (QED) is 0.536. The van der Waals surface area contributed by atoms with E-state index in [-0.39, 0.29) is 0 Å². The first-order chi connectivity index (χ1) is 8.38. The molecule has 0 aromatic heterocycles. The molecule has 0 saturated heterocycles. The Morgan fingerprint density at radius 1 is 2.00 bits per heavy atom. The lowest BCUT2D eigenvalue weighted by Gasteiger charge is -1.96. The highest BCUT2D eigenvalue weighted by molar-refractivity contribution is 5.65. The Morgan fingerprint density at radius 3 is 3.50 bits per heavy atom. The predicted octanol–water partition coefficient (Wildman–Crippen LogP) is 1.35. The van der Waals surface area contributed by atoms with E-state index in [0.29, 0.717) is 0 Å². The zero-order chi connectivity index (χ0) is 16.8. The van der Waals surface area contributed by atoms with Gasteiger partial charge in [-0.1, -0.05) is 13.2 Å². The molecule has 0 amide bonds. The van der Waals surface area contributed by atoms with Crippen LogP contribution in [0.5, 0.6) is 0 Å². The number of esters is 1. The molecular weight excluding hydrogens is 104 g/mol. The Hall–Kier alpha value is -0.530. The van der Waals surface area contributed by atoms with Crippen molar-refractivity contribution >= 4 is 5.97 Å². The molecule has 8 heavy (non-hydrogen) atoms. The van der Waals surface area contributed by atoms with Gasteiger partial charge in [-0.3, -0.25) is 4.79 Å². The first-order valence-corrected chi connectivity index (χ1v) is 1.61. The molecule has 0 aliphatic carbocycles. The van der Waals surface area contributed by atoms with Crippen LogP contribution >= 0.6 is 0 Å². The Kier molecular flexibility index (Phi) is 0.530. The van der Waals surface area contributed by atoms with Gasteiger partial charge in [0.1, 0.15) is 0 Å². The summed E-state index contributed by atoms with van der Waals surface area (Å²) in [6.07, 6.45) is -7.54. The maximum Gasteiger partial charge on any atom is 0.302 e. The van der Waals surface area contributed by atoms with E-state index < -0.39 is 39.0 Å². The standard InChI is InChI=1S/C6H12O2/c1-3-4-5-8-6(2)7/h3-5H2,1-2H3/i1D3,2D3,3D2,4D2,5D2. The van der Waals surface area contributed by atoms with Gasteiger partial charge in [0.05, 0.1) is 9.30 Å². The maximum atomic E-state index is 11.0. The summed E-state index contributed by atoms with van der Waals surface area (Å²) in [5, 5.41) is 0. The molecule has 0 fully saturated rings. The van der Waals surface area contributed by atoms with Gasteiger partial charge in [0.25, 0.3) is 0 Å². The zero-order valence-electron chi connectivity index (χ0n) is 15.8. The molecule has 0 atom stereocenters. The molecule has 0 heterocycles. The van der Waals surface area contributed by atoms with Crippen molar-refractivity contribution in [3.63, 3.8) is 0 Å². The zero-order valence-corrected chi connectivity index (χ0v) is 3.82. The SMILES string of the molecule is [2H]C([2H])([2H])C(=O)OC([2H])([2H])C([2H])([2H])C([2H])([2H])C([2H])([2H])[2H]. The van der Waals surface area contributed by atoms with Gasteiger partial charge < -0.3 is 4.74 Å². The van der Waals surface area contributed by atoms with E-state index in [9.17, 15) is 4.79 Å². The van der Waals surface area contributed by atoms with Crippen LogP contribution in [0.25, 0.3) is 0 Å². The van der Waals surface area contributed by atoms with Crippen LogP contribution < -0.4 is 0 Å². The third-order valence-corrected chi connectivity index (χ3v) is 0.257. The summed E-state index contributed by atoms with van der Waals surface area (Å²) in [6.45, 7) is -10.7. The summed E-state index contributed by atoms with van der Waals surface area (Å²) >= 11 is 0. The molecule has 0 aliphatic heterocycles. The van der Waals surface area contributed by atoms with E-state index in [0.717, 1.165) is 0 Å². The minimum atomic E-state index is -3.81. The molecule has 2 heteroatoms. The van der Waals surface area contributed by atoms with Gasteiger partial charge in [-0.05, 0) is 6.37 Å². The van der Waals surface area contributed by atoms with Crippen molar-refractivity contribution in [1.29, 1.82) is 0 Å². The lowest BCUT2D eigenvalue weighted by Crippen LogP contribution is -1.99. The Bertz CT molecular complexity index is 376. The van der Waals surface area contributed by atoms with Gasteiger partial charge in [0.15, 0.2) is 0 Å². The van der Waals surface area contributed by atoms with Gasteiger partial charge in [0, 0.05) is 20.6 Å². The molecule has 0 bridgehead atoms. The normalized spacial score (nSPS) is 39.5. The van der Waals surface area contributed by atoms with Crippen LogP contribution in [0.1, 0.15) is 42.9 Å². The summed E-state index contributed by atoms with van der Waals surface area (Å²) in [5.41, 5.74) is 0. The third-order valence-electron chi connectivity index (χ3n) is 0.257. The number of carbonyl (C=O) groups excluding carboxylic acids is 1. The molecule has 0 aromatic carbocycles. The average molecular weight is 128 g/mol. The molecular formula is C6H12O2. The Balaban J connectivity index is 5.54. The van der Waals surface area contributed by atoms with Crippen molar-refractivity contribution in [1.82, 2.24) is 0 Å². The summed E-state index contributed by atoms with van der Waals surface area (Å²) in [6, 6.07) is 0. The fourth-order valence-corrected chi connectivity index (χ4v) is 0.0974. The van der Waals surface area contributed by atoms with Crippen molar-refractivity contribution in [2.45, 2.75) is 26.4 Å². The van der Waals surface area contributed by atoms with Gasteiger partial charge in [-0.25, -0.2) is 0 Å². The molecule has 0 radical (unpaired) electrons. The lowest BCUT2D eigenvalue weighted by atomic mass is 10.4. The van der Waals surface area contributed by atoms with Crippen LogP contribution in [0.2, 0.25) is 0 Å². The van der Waals surface area contributed by atoms with E-state index in [1.54, 1.807) is 0 Å². The highest BCUT2D eigenvalue weighted by Gasteiger charge is 1.88. The van der Waals surface area contributed by atoms with Crippen LogP contribution in [-0.4, -0.2) is 12.5 Å². The van der Waals surface area contributed by atoms with E-state index in [1.807, 2.05) is 0 Å². The lowest BCUT2D eigenvalue weighted by molar-refractivity contribution is -0.141. The van der Waals surface area contributed by atoms with E-state index >= 15 is 0 Å². The fourth-order valence-electron chi connectivity index (χ4n) is 0.0974. The average Bonchev–Trinajstić information content (AvgIpc) is 2.12. The first-order valence-electron chi connectivity index (χ1n) is 7.61. The van der Waals surface area contributed by atoms with Gasteiger partial charge in [-0.15, -0.1) is 0 Å². The third kappa shape index (κ3) is 5.47. The topological polar surface area (TPSA) is 26.3 Å². The second-order valence-corrected chi connectivity index (χ2v) is 0.742. The van der Waals surface area contributed by atoms with Crippen molar-refractivity contribution in [3.8, 4) is 0 Å². The van der Waals surface area contributed by atoms with E-state index in [4.69, 9.17) is 16.4 Å². The monoisotopic (exact) mass is 128 g/mol. The molecule has 48 valence electrons. The number of hydrogen-bond acceptors (Lipinski definition) is 2. The number of rotatable bonds is 3. The molecule has 0 unspecified atom stereocenters. The Labute approximate surface area is 66.7 Å². The fraction of sp³-hybridized carbons (Fsp3) is 0.833. The second kappa shape index (κ2) is 4.62. The maximum absolute atomic E-state index is 11.0.